The lowest BCUT2D eigenvalue weighted by Crippen LogP contribution is -2.51. The third-order valence-electron chi connectivity index (χ3n) is 4.38. The van der Waals surface area contributed by atoms with Crippen LogP contribution in [0.4, 0.5) is 11.4 Å². The number of likely N-dealkylation sites (N-methyl/N-ethyl adjacent to an activating group) is 1. The van der Waals surface area contributed by atoms with Crippen LogP contribution in [0.15, 0.2) is 18.2 Å². The van der Waals surface area contributed by atoms with E-state index < -0.39 is 11.0 Å². The molecule has 0 aliphatic carbocycles. The molecular formula is C18H25N3O5. The second kappa shape index (κ2) is 8.16. The second-order valence-electron chi connectivity index (χ2n) is 6.78. The van der Waals surface area contributed by atoms with E-state index in [9.17, 15) is 19.7 Å². The fourth-order valence-corrected chi connectivity index (χ4v) is 2.75. The van der Waals surface area contributed by atoms with Gasteiger partial charge in [-0.1, -0.05) is 27.2 Å². The van der Waals surface area contributed by atoms with Crippen LogP contribution in [-0.2, 0) is 9.59 Å². The predicted molar refractivity (Wildman–Crippen MR) is 97.2 cm³/mol. The van der Waals surface area contributed by atoms with Gasteiger partial charge in [-0.05, 0) is 18.4 Å². The van der Waals surface area contributed by atoms with Crippen molar-refractivity contribution in [3.05, 3.63) is 28.3 Å². The van der Waals surface area contributed by atoms with Crippen molar-refractivity contribution in [3.63, 3.8) is 0 Å². The number of carbonyl (C=O) groups excluding carboxylic acids is 2. The van der Waals surface area contributed by atoms with Gasteiger partial charge in [-0.15, -0.1) is 0 Å². The van der Waals surface area contributed by atoms with Gasteiger partial charge in [-0.2, -0.15) is 0 Å². The summed E-state index contributed by atoms with van der Waals surface area (Å²) in [7, 11) is 1.71. The van der Waals surface area contributed by atoms with Gasteiger partial charge in [0, 0.05) is 19.7 Å². The van der Waals surface area contributed by atoms with Gasteiger partial charge in [-0.3, -0.25) is 24.6 Å². The fourth-order valence-electron chi connectivity index (χ4n) is 2.75. The number of nitrogens with zero attached hydrogens (tertiary/aromatic N) is 3. The molecule has 8 heteroatoms. The molecule has 1 aliphatic rings. The summed E-state index contributed by atoms with van der Waals surface area (Å²) in [4.78, 5) is 38.8. The number of hydrogen-bond acceptors (Lipinski definition) is 5. The van der Waals surface area contributed by atoms with Gasteiger partial charge in [0.05, 0.1) is 16.7 Å². The highest BCUT2D eigenvalue weighted by molar-refractivity contribution is 6.04. The first kappa shape index (κ1) is 19.7. The summed E-state index contributed by atoms with van der Waals surface area (Å²) in [6.07, 6.45) is 1.07. The van der Waals surface area contributed by atoms with Crippen LogP contribution in [0.5, 0.6) is 5.75 Å². The van der Waals surface area contributed by atoms with Crippen molar-refractivity contribution in [2.45, 2.75) is 39.7 Å². The Labute approximate surface area is 152 Å². The Bertz CT molecular complexity index is 704. The number of ether oxygens (including phenoxy) is 1. The number of carbonyl (C=O) groups is 2. The van der Waals surface area contributed by atoms with E-state index >= 15 is 0 Å². The van der Waals surface area contributed by atoms with Crippen LogP contribution in [0.2, 0.25) is 0 Å². The molecule has 0 radical (unpaired) electrons. The quantitative estimate of drug-likeness (QED) is 0.548. The Morgan fingerprint density at radius 3 is 2.69 bits per heavy atom. The van der Waals surface area contributed by atoms with Gasteiger partial charge in [0.2, 0.25) is 5.91 Å². The molecule has 26 heavy (non-hydrogen) atoms. The lowest BCUT2D eigenvalue weighted by atomic mass is 10.0. The van der Waals surface area contributed by atoms with Crippen LogP contribution >= 0.6 is 0 Å². The zero-order valence-corrected chi connectivity index (χ0v) is 15.6. The van der Waals surface area contributed by atoms with Crippen LogP contribution in [0.3, 0.4) is 0 Å². The highest BCUT2D eigenvalue weighted by Crippen LogP contribution is 2.38. The lowest BCUT2D eigenvalue weighted by Gasteiger charge is -2.36. The first-order valence-electron chi connectivity index (χ1n) is 8.76. The Morgan fingerprint density at radius 1 is 1.42 bits per heavy atom. The summed E-state index contributed by atoms with van der Waals surface area (Å²) >= 11 is 0. The van der Waals surface area contributed by atoms with Gasteiger partial charge in [0.1, 0.15) is 6.54 Å². The van der Waals surface area contributed by atoms with Crippen molar-refractivity contribution < 1.29 is 19.2 Å². The predicted octanol–water partition coefficient (Wildman–Crippen LogP) is 2.60. The fraction of sp³-hybridized carbons (Fsp3) is 0.556. The van der Waals surface area contributed by atoms with Gasteiger partial charge < -0.3 is 9.64 Å². The number of nitro benzene ring substituents is 1. The van der Waals surface area contributed by atoms with Crippen molar-refractivity contribution in [1.82, 2.24) is 4.90 Å². The zero-order valence-electron chi connectivity index (χ0n) is 15.6. The maximum atomic E-state index is 12.8. The van der Waals surface area contributed by atoms with Crippen LogP contribution in [0.1, 0.15) is 33.6 Å². The highest BCUT2D eigenvalue weighted by atomic mass is 16.6. The minimum Gasteiger partial charge on any atom is -0.478 e. The summed E-state index contributed by atoms with van der Waals surface area (Å²) in [5, 5.41) is 11.0. The Balaban J connectivity index is 2.33. The van der Waals surface area contributed by atoms with Gasteiger partial charge in [0.15, 0.2) is 11.9 Å². The van der Waals surface area contributed by atoms with E-state index in [1.54, 1.807) is 11.9 Å². The molecule has 2 rings (SSSR count). The molecule has 2 amide bonds. The standard InChI is InChI=1S/C18H25N3O5/c1-5-6-9-19(4)16(22)11-20-14-8-7-13(21(24)25)10-15(14)26-17(12(2)3)18(20)23/h7-8,10,12,17H,5-6,9,11H2,1-4H3. The summed E-state index contributed by atoms with van der Waals surface area (Å²) < 4.78 is 5.71. The summed E-state index contributed by atoms with van der Waals surface area (Å²) in [5.74, 6) is -0.369. The van der Waals surface area contributed by atoms with Crippen molar-refractivity contribution in [1.29, 1.82) is 0 Å². The third-order valence-corrected chi connectivity index (χ3v) is 4.38. The number of non-ortho nitro benzene ring substituents is 1. The number of anilines is 1. The molecule has 0 bridgehead atoms. The van der Waals surface area contributed by atoms with Crippen molar-refractivity contribution in [2.24, 2.45) is 5.92 Å². The highest BCUT2D eigenvalue weighted by Gasteiger charge is 2.38. The molecule has 1 unspecified atom stereocenters. The SMILES string of the molecule is CCCCN(C)C(=O)CN1C(=O)C(C(C)C)Oc2cc([N+](=O)[O-])ccc21. The van der Waals surface area contributed by atoms with Crippen LogP contribution < -0.4 is 9.64 Å². The van der Waals surface area contributed by atoms with Crippen LogP contribution in [-0.4, -0.2) is 47.9 Å². The molecule has 1 heterocycles. The molecule has 0 saturated heterocycles. The van der Waals surface area contributed by atoms with Crippen molar-refractivity contribution in [3.8, 4) is 5.75 Å². The number of nitro groups is 1. The van der Waals surface area contributed by atoms with E-state index in [0.717, 1.165) is 12.8 Å². The second-order valence-corrected chi connectivity index (χ2v) is 6.78. The largest absolute Gasteiger partial charge is 0.478 e. The Kier molecular flexibility index (Phi) is 6.18. The monoisotopic (exact) mass is 363 g/mol. The molecule has 0 saturated carbocycles. The van der Waals surface area contributed by atoms with E-state index in [1.165, 1.54) is 23.1 Å². The molecule has 0 fully saturated rings. The van der Waals surface area contributed by atoms with E-state index in [0.29, 0.717) is 12.2 Å². The summed E-state index contributed by atoms with van der Waals surface area (Å²) in [5.41, 5.74) is 0.265. The topological polar surface area (TPSA) is 93.0 Å². The smallest absolute Gasteiger partial charge is 0.273 e. The molecule has 0 N–H and O–H groups in total. The first-order valence-corrected chi connectivity index (χ1v) is 8.76. The Hall–Kier alpha value is -2.64. The van der Waals surface area contributed by atoms with E-state index in [2.05, 4.69) is 0 Å². The molecule has 1 atom stereocenters. The maximum absolute atomic E-state index is 12.8. The maximum Gasteiger partial charge on any atom is 0.273 e. The Morgan fingerprint density at radius 2 is 2.12 bits per heavy atom. The van der Waals surface area contributed by atoms with Gasteiger partial charge in [-0.25, -0.2) is 0 Å². The van der Waals surface area contributed by atoms with E-state index in [-0.39, 0.29) is 35.7 Å². The minimum absolute atomic E-state index is 0.115. The molecule has 1 aliphatic heterocycles. The van der Waals surface area contributed by atoms with Crippen LogP contribution in [0, 0.1) is 16.0 Å². The number of rotatable bonds is 7. The molecule has 0 aromatic heterocycles. The third kappa shape index (κ3) is 4.12. The number of hydrogen-bond donors (Lipinski definition) is 0. The van der Waals surface area contributed by atoms with Crippen molar-refractivity contribution in [2.75, 3.05) is 25.0 Å². The van der Waals surface area contributed by atoms with E-state index in [4.69, 9.17) is 4.74 Å². The molecular weight excluding hydrogens is 338 g/mol. The average Bonchev–Trinajstić information content (AvgIpc) is 2.60. The first-order chi connectivity index (χ1) is 12.3. The molecule has 8 nitrogen and oxygen atoms in total. The number of benzene rings is 1. The average molecular weight is 363 g/mol. The van der Waals surface area contributed by atoms with E-state index in [1.807, 2.05) is 20.8 Å². The number of unbranched alkanes of at least 4 members (excludes halogenated alkanes) is 1. The summed E-state index contributed by atoms with van der Waals surface area (Å²) in [6.45, 7) is 6.21. The molecule has 142 valence electrons. The van der Waals surface area contributed by atoms with Gasteiger partial charge >= 0.3 is 0 Å². The number of amides is 2. The van der Waals surface area contributed by atoms with Crippen LogP contribution in [0.25, 0.3) is 0 Å². The summed E-state index contributed by atoms with van der Waals surface area (Å²) in [6, 6.07) is 4.07. The minimum atomic E-state index is -0.779. The molecule has 1 aromatic rings. The normalized spacial score (nSPS) is 16.3. The van der Waals surface area contributed by atoms with Gasteiger partial charge in [0.25, 0.3) is 11.6 Å². The molecule has 0 spiro atoms. The molecule has 1 aromatic carbocycles. The zero-order chi connectivity index (χ0) is 19.4. The number of fused-ring (bicyclic) bond motifs is 1. The van der Waals surface area contributed by atoms with Crippen molar-refractivity contribution >= 4 is 23.2 Å². The lowest BCUT2D eigenvalue weighted by molar-refractivity contribution is -0.384.